The van der Waals surface area contributed by atoms with Gasteiger partial charge in [0.25, 0.3) is 0 Å². The van der Waals surface area contributed by atoms with Crippen LogP contribution in [0.4, 0.5) is 4.39 Å². The highest BCUT2D eigenvalue weighted by Gasteiger charge is 2.26. The van der Waals surface area contributed by atoms with E-state index in [-0.39, 0.29) is 28.4 Å². The number of ether oxygens (including phenoxy) is 2. The third-order valence-electron chi connectivity index (χ3n) is 5.45. The van der Waals surface area contributed by atoms with E-state index in [9.17, 15) is 14.0 Å². The zero-order valence-electron chi connectivity index (χ0n) is 18.3. The maximum atomic E-state index is 13.1. The van der Waals surface area contributed by atoms with Crippen molar-refractivity contribution in [1.29, 1.82) is 0 Å². The third kappa shape index (κ3) is 5.66. The molecule has 0 radical (unpaired) electrons. The van der Waals surface area contributed by atoms with Gasteiger partial charge in [0, 0.05) is 38.3 Å². The van der Waals surface area contributed by atoms with E-state index >= 15 is 0 Å². The Hall–Kier alpha value is -2.90. The standard InChI is InChI=1S/C24H26ClFN2O4/c1-16-14-27(15-17-4-7-19(26)8-5-17)10-11-28(16)23(29)9-6-18-12-22(31-2)21(25)13-20(18)24(30)32-3/h4-9,12-13,16H,10-11,14-15H2,1-3H3. The summed E-state index contributed by atoms with van der Waals surface area (Å²) in [6.45, 7) is 4.69. The Morgan fingerprint density at radius 1 is 1.19 bits per heavy atom. The number of benzene rings is 2. The summed E-state index contributed by atoms with van der Waals surface area (Å²) in [5.41, 5.74) is 1.76. The van der Waals surface area contributed by atoms with Crippen molar-refractivity contribution >= 4 is 29.6 Å². The van der Waals surface area contributed by atoms with E-state index in [0.717, 1.165) is 5.56 Å². The molecule has 0 bridgehead atoms. The topological polar surface area (TPSA) is 59.1 Å². The van der Waals surface area contributed by atoms with Crippen LogP contribution in [0.5, 0.6) is 5.75 Å². The lowest BCUT2D eigenvalue weighted by molar-refractivity contribution is -0.130. The Morgan fingerprint density at radius 2 is 1.91 bits per heavy atom. The van der Waals surface area contributed by atoms with Crippen molar-refractivity contribution in [2.75, 3.05) is 33.9 Å². The van der Waals surface area contributed by atoms with E-state index in [0.29, 0.717) is 37.5 Å². The fourth-order valence-corrected chi connectivity index (χ4v) is 4.00. The van der Waals surface area contributed by atoms with Crippen molar-refractivity contribution in [1.82, 2.24) is 9.80 Å². The number of amides is 1. The number of rotatable bonds is 6. The van der Waals surface area contributed by atoms with Crippen LogP contribution in [0, 0.1) is 5.82 Å². The average Bonchev–Trinajstić information content (AvgIpc) is 2.78. The summed E-state index contributed by atoms with van der Waals surface area (Å²) in [7, 11) is 2.76. The molecule has 0 saturated carbocycles. The van der Waals surface area contributed by atoms with Crippen LogP contribution in [-0.4, -0.2) is 61.6 Å². The number of methoxy groups -OCH3 is 2. The number of hydrogen-bond acceptors (Lipinski definition) is 5. The van der Waals surface area contributed by atoms with Crippen LogP contribution in [0.3, 0.4) is 0 Å². The van der Waals surface area contributed by atoms with Crippen molar-refractivity contribution in [2.24, 2.45) is 0 Å². The molecule has 2 aromatic carbocycles. The normalized spacial score (nSPS) is 16.9. The Morgan fingerprint density at radius 3 is 2.53 bits per heavy atom. The molecule has 2 aromatic rings. The summed E-state index contributed by atoms with van der Waals surface area (Å²) in [5, 5.41) is 0.280. The van der Waals surface area contributed by atoms with Gasteiger partial charge in [0.2, 0.25) is 5.91 Å². The van der Waals surface area contributed by atoms with Gasteiger partial charge in [-0.2, -0.15) is 0 Å². The minimum Gasteiger partial charge on any atom is -0.495 e. The Bertz CT molecular complexity index is 1010. The fraction of sp³-hybridized carbons (Fsp3) is 0.333. The zero-order valence-corrected chi connectivity index (χ0v) is 19.1. The maximum Gasteiger partial charge on any atom is 0.338 e. The summed E-state index contributed by atoms with van der Waals surface area (Å²) in [5.74, 6) is -0.555. The van der Waals surface area contributed by atoms with Gasteiger partial charge in [0.15, 0.2) is 0 Å². The molecule has 8 heteroatoms. The smallest absolute Gasteiger partial charge is 0.338 e. The largest absolute Gasteiger partial charge is 0.495 e. The third-order valence-corrected chi connectivity index (χ3v) is 5.74. The predicted molar refractivity (Wildman–Crippen MR) is 121 cm³/mol. The van der Waals surface area contributed by atoms with Gasteiger partial charge in [-0.3, -0.25) is 9.69 Å². The second kappa shape index (κ2) is 10.6. The van der Waals surface area contributed by atoms with Gasteiger partial charge < -0.3 is 14.4 Å². The minimum absolute atomic E-state index is 0.00109. The number of halogens is 2. The van der Waals surface area contributed by atoms with Crippen molar-refractivity contribution in [2.45, 2.75) is 19.5 Å². The van der Waals surface area contributed by atoms with Crippen LogP contribution in [-0.2, 0) is 16.1 Å². The summed E-state index contributed by atoms with van der Waals surface area (Å²) < 4.78 is 23.2. The summed E-state index contributed by atoms with van der Waals surface area (Å²) in [4.78, 5) is 29.0. The maximum absolute atomic E-state index is 13.1. The van der Waals surface area contributed by atoms with Crippen molar-refractivity contribution < 1.29 is 23.5 Å². The molecule has 1 atom stereocenters. The number of carbonyl (C=O) groups excluding carboxylic acids is 2. The van der Waals surface area contributed by atoms with Crippen LogP contribution in [0.1, 0.15) is 28.4 Å². The highest BCUT2D eigenvalue weighted by atomic mass is 35.5. The monoisotopic (exact) mass is 460 g/mol. The molecule has 6 nitrogen and oxygen atoms in total. The molecule has 0 N–H and O–H groups in total. The first kappa shape index (κ1) is 23.8. The van der Waals surface area contributed by atoms with Crippen LogP contribution < -0.4 is 4.74 Å². The van der Waals surface area contributed by atoms with E-state index in [1.807, 2.05) is 6.92 Å². The lowest BCUT2D eigenvalue weighted by atomic mass is 10.1. The zero-order chi connectivity index (χ0) is 23.3. The van der Waals surface area contributed by atoms with Crippen molar-refractivity contribution in [3.8, 4) is 5.75 Å². The van der Waals surface area contributed by atoms with Gasteiger partial charge in [0.1, 0.15) is 11.6 Å². The van der Waals surface area contributed by atoms with Gasteiger partial charge in [-0.05, 0) is 48.4 Å². The first-order valence-corrected chi connectivity index (χ1v) is 10.6. The minimum atomic E-state index is -0.551. The molecule has 1 aliphatic heterocycles. The van der Waals surface area contributed by atoms with E-state index in [1.165, 1.54) is 38.5 Å². The Kier molecular flexibility index (Phi) is 7.88. The molecular weight excluding hydrogens is 435 g/mol. The molecule has 1 unspecified atom stereocenters. The highest BCUT2D eigenvalue weighted by Crippen LogP contribution is 2.29. The van der Waals surface area contributed by atoms with Crippen LogP contribution in [0.2, 0.25) is 5.02 Å². The molecule has 1 aliphatic rings. The van der Waals surface area contributed by atoms with Crippen LogP contribution >= 0.6 is 11.6 Å². The molecule has 170 valence electrons. The summed E-state index contributed by atoms with van der Waals surface area (Å²) in [6.07, 6.45) is 3.02. The van der Waals surface area contributed by atoms with Crippen LogP contribution in [0.15, 0.2) is 42.5 Å². The first-order chi connectivity index (χ1) is 15.3. The average molecular weight is 461 g/mol. The second-order valence-corrected chi connectivity index (χ2v) is 8.05. The number of nitrogens with zero attached hydrogens (tertiary/aromatic N) is 2. The van der Waals surface area contributed by atoms with E-state index in [2.05, 4.69) is 4.90 Å². The lowest BCUT2D eigenvalue weighted by Crippen LogP contribution is -2.53. The number of hydrogen-bond donors (Lipinski definition) is 0. The van der Waals surface area contributed by atoms with E-state index in [4.69, 9.17) is 21.1 Å². The van der Waals surface area contributed by atoms with Gasteiger partial charge in [-0.15, -0.1) is 0 Å². The van der Waals surface area contributed by atoms with Gasteiger partial charge in [0.05, 0.1) is 24.8 Å². The Balaban J connectivity index is 1.68. The highest BCUT2D eigenvalue weighted by molar-refractivity contribution is 6.32. The fourth-order valence-electron chi connectivity index (χ4n) is 3.76. The number of carbonyl (C=O) groups is 2. The molecular formula is C24H26ClFN2O4. The van der Waals surface area contributed by atoms with Crippen LogP contribution in [0.25, 0.3) is 6.08 Å². The molecule has 3 rings (SSSR count). The van der Waals surface area contributed by atoms with Gasteiger partial charge in [-0.1, -0.05) is 23.7 Å². The molecule has 1 heterocycles. The first-order valence-electron chi connectivity index (χ1n) is 10.2. The Labute approximate surface area is 192 Å². The molecule has 0 aliphatic carbocycles. The SMILES string of the molecule is COC(=O)c1cc(Cl)c(OC)cc1C=CC(=O)N1CCN(Cc2ccc(F)cc2)CC1C. The van der Waals surface area contributed by atoms with Gasteiger partial charge >= 0.3 is 5.97 Å². The molecule has 1 amide bonds. The number of esters is 1. The predicted octanol–water partition coefficient (Wildman–Crippen LogP) is 4.02. The second-order valence-electron chi connectivity index (χ2n) is 7.64. The van der Waals surface area contributed by atoms with E-state index < -0.39 is 5.97 Å². The quantitative estimate of drug-likeness (QED) is 0.481. The van der Waals surface area contributed by atoms with Crippen molar-refractivity contribution in [3.05, 3.63) is 70.0 Å². The molecule has 1 saturated heterocycles. The molecule has 0 aromatic heterocycles. The number of piperazine rings is 1. The van der Waals surface area contributed by atoms with Crippen molar-refractivity contribution in [3.63, 3.8) is 0 Å². The lowest BCUT2D eigenvalue weighted by Gasteiger charge is -2.39. The molecule has 0 spiro atoms. The molecule has 32 heavy (non-hydrogen) atoms. The van der Waals surface area contributed by atoms with E-state index in [1.54, 1.807) is 29.2 Å². The summed E-state index contributed by atoms with van der Waals surface area (Å²) in [6, 6.07) is 9.53. The summed E-state index contributed by atoms with van der Waals surface area (Å²) >= 11 is 6.13. The van der Waals surface area contributed by atoms with Gasteiger partial charge in [-0.25, -0.2) is 9.18 Å². The molecule has 1 fully saturated rings.